The van der Waals surface area contributed by atoms with E-state index in [9.17, 15) is 9.59 Å². The number of thioether (sulfide) groups is 1. The number of amides is 1. The molecule has 0 saturated carbocycles. The fourth-order valence-corrected chi connectivity index (χ4v) is 4.68. The monoisotopic (exact) mass is 443 g/mol. The van der Waals surface area contributed by atoms with Gasteiger partial charge >= 0.3 is 0 Å². The molecule has 2 aromatic carbocycles. The highest BCUT2D eigenvalue weighted by Gasteiger charge is 2.21. The van der Waals surface area contributed by atoms with E-state index in [4.69, 9.17) is 21.3 Å². The third-order valence-corrected chi connectivity index (χ3v) is 6.32. The number of rotatable bonds is 5. The van der Waals surface area contributed by atoms with Crippen LogP contribution in [-0.2, 0) is 4.79 Å². The summed E-state index contributed by atoms with van der Waals surface area (Å²) in [7, 11) is 1.57. The van der Waals surface area contributed by atoms with Crippen LogP contribution < -0.4 is 10.3 Å². The summed E-state index contributed by atoms with van der Waals surface area (Å²) in [5, 5.41) is 1.40. The largest absolute Gasteiger partial charge is 0.495 e. The number of ether oxygens (including phenoxy) is 1. The molecule has 30 heavy (non-hydrogen) atoms. The van der Waals surface area contributed by atoms with Crippen molar-refractivity contribution in [2.45, 2.75) is 24.9 Å². The lowest BCUT2D eigenvalue weighted by Crippen LogP contribution is -2.30. The van der Waals surface area contributed by atoms with Crippen molar-refractivity contribution in [1.82, 2.24) is 14.5 Å². The number of aromatic nitrogens is 2. The number of likely N-dealkylation sites (tertiary alicyclic amines) is 1. The molecule has 1 aromatic heterocycles. The third kappa shape index (κ3) is 4.04. The topological polar surface area (TPSA) is 64.4 Å². The van der Waals surface area contributed by atoms with Gasteiger partial charge in [-0.1, -0.05) is 29.4 Å². The zero-order valence-electron chi connectivity index (χ0n) is 16.9. The molecule has 0 aliphatic carbocycles. The van der Waals surface area contributed by atoms with Crippen LogP contribution in [0.5, 0.6) is 5.75 Å². The lowest BCUT2D eigenvalue weighted by molar-refractivity contribution is -0.127. The molecule has 0 N–H and O–H groups in total. The first kappa shape index (κ1) is 20.8. The first-order valence-corrected chi connectivity index (χ1v) is 11.1. The summed E-state index contributed by atoms with van der Waals surface area (Å²) in [5.41, 5.74) is 1.86. The van der Waals surface area contributed by atoms with Crippen LogP contribution in [0, 0.1) is 6.92 Å². The van der Waals surface area contributed by atoms with Gasteiger partial charge in [-0.15, -0.1) is 0 Å². The molecule has 0 unspecified atom stereocenters. The Balaban J connectivity index is 1.84. The van der Waals surface area contributed by atoms with Gasteiger partial charge in [-0.25, -0.2) is 4.98 Å². The fraction of sp³-hybridized carbons (Fsp3) is 0.318. The predicted octanol–water partition coefficient (Wildman–Crippen LogP) is 4.07. The van der Waals surface area contributed by atoms with Crippen LogP contribution in [0.1, 0.15) is 18.4 Å². The van der Waals surface area contributed by atoms with Gasteiger partial charge in [0, 0.05) is 18.1 Å². The molecule has 4 rings (SSSR count). The molecule has 0 radical (unpaired) electrons. The molecule has 0 spiro atoms. The maximum atomic E-state index is 13.5. The van der Waals surface area contributed by atoms with Crippen LogP contribution >= 0.6 is 23.4 Å². The van der Waals surface area contributed by atoms with Gasteiger partial charge in [-0.3, -0.25) is 14.2 Å². The highest BCUT2D eigenvalue weighted by Crippen LogP contribution is 2.29. The summed E-state index contributed by atoms with van der Waals surface area (Å²) in [6, 6.07) is 10.7. The second kappa shape index (κ2) is 8.70. The van der Waals surface area contributed by atoms with Crippen LogP contribution in [0.25, 0.3) is 16.6 Å². The molecule has 8 heteroatoms. The van der Waals surface area contributed by atoms with Crippen molar-refractivity contribution < 1.29 is 9.53 Å². The number of aryl methyl sites for hydroxylation is 1. The first-order valence-electron chi connectivity index (χ1n) is 9.76. The normalized spacial score (nSPS) is 13.8. The zero-order chi connectivity index (χ0) is 21.3. The summed E-state index contributed by atoms with van der Waals surface area (Å²) in [6.45, 7) is 3.53. The van der Waals surface area contributed by atoms with E-state index in [0.717, 1.165) is 31.5 Å². The molecule has 1 aliphatic heterocycles. The number of benzene rings is 2. The number of fused-ring (bicyclic) bond motifs is 1. The van der Waals surface area contributed by atoms with Crippen molar-refractivity contribution in [3.63, 3.8) is 0 Å². The number of carbonyl (C=O) groups is 1. The van der Waals surface area contributed by atoms with Crippen LogP contribution in [0.15, 0.2) is 46.3 Å². The molecule has 6 nitrogen and oxygen atoms in total. The number of halogens is 1. The minimum atomic E-state index is -0.225. The maximum Gasteiger partial charge on any atom is 0.266 e. The SMILES string of the molecule is COc1ccc(C)cc1-n1c(SCC(=O)N2CCCC2)nc2cc(Cl)ccc2c1=O. The summed E-state index contributed by atoms with van der Waals surface area (Å²) in [6.07, 6.45) is 2.07. The Morgan fingerprint density at radius 3 is 2.70 bits per heavy atom. The van der Waals surface area contributed by atoms with Gasteiger partial charge < -0.3 is 9.64 Å². The number of nitrogens with zero attached hydrogens (tertiary/aromatic N) is 3. The Kier molecular flexibility index (Phi) is 6.01. The van der Waals surface area contributed by atoms with E-state index < -0.39 is 0 Å². The van der Waals surface area contributed by atoms with Crippen molar-refractivity contribution in [2.24, 2.45) is 0 Å². The van der Waals surface area contributed by atoms with Gasteiger partial charge in [0.1, 0.15) is 5.75 Å². The lowest BCUT2D eigenvalue weighted by Gasteiger charge is -2.18. The maximum absolute atomic E-state index is 13.5. The Morgan fingerprint density at radius 1 is 1.20 bits per heavy atom. The molecule has 156 valence electrons. The smallest absolute Gasteiger partial charge is 0.266 e. The minimum Gasteiger partial charge on any atom is -0.495 e. The second-order valence-corrected chi connectivity index (χ2v) is 8.63. The van der Waals surface area contributed by atoms with Gasteiger partial charge in [0.15, 0.2) is 5.16 Å². The molecule has 2 heterocycles. The van der Waals surface area contributed by atoms with Gasteiger partial charge in [0.2, 0.25) is 5.91 Å². The standard InChI is InChI=1S/C22H22ClN3O3S/c1-14-5-8-19(29-2)18(11-14)26-21(28)16-7-6-15(23)12-17(16)24-22(26)30-13-20(27)25-9-3-4-10-25/h5-8,11-12H,3-4,9-10,13H2,1-2H3. The van der Waals surface area contributed by atoms with E-state index in [-0.39, 0.29) is 17.2 Å². The van der Waals surface area contributed by atoms with E-state index in [0.29, 0.717) is 32.5 Å². The molecule has 1 amide bonds. The Labute approximate surface area is 183 Å². The second-order valence-electron chi connectivity index (χ2n) is 7.25. The van der Waals surface area contributed by atoms with E-state index in [1.54, 1.807) is 25.3 Å². The van der Waals surface area contributed by atoms with Gasteiger partial charge in [0.05, 0.1) is 29.5 Å². The van der Waals surface area contributed by atoms with Gasteiger partial charge in [0.25, 0.3) is 5.56 Å². The van der Waals surface area contributed by atoms with E-state index in [1.807, 2.05) is 30.0 Å². The van der Waals surface area contributed by atoms with Gasteiger partial charge in [-0.05, 0) is 55.7 Å². The average Bonchev–Trinajstić information content (AvgIpc) is 3.27. The van der Waals surface area contributed by atoms with Crippen LogP contribution in [0.4, 0.5) is 0 Å². The van der Waals surface area contributed by atoms with Crippen LogP contribution in [0.2, 0.25) is 5.02 Å². The average molecular weight is 444 g/mol. The van der Waals surface area contributed by atoms with Crippen LogP contribution in [0.3, 0.4) is 0 Å². The highest BCUT2D eigenvalue weighted by atomic mass is 35.5. The molecule has 1 saturated heterocycles. The molecular formula is C22H22ClN3O3S. The van der Waals surface area contributed by atoms with Gasteiger partial charge in [-0.2, -0.15) is 0 Å². The number of methoxy groups -OCH3 is 1. The highest BCUT2D eigenvalue weighted by molar-refractivity contribution is 7.99. The Hall–Kier alpha value is -2.51. The summed E-state index contributed by atoms with van der Waals surface area (Å²) < 4.78 is 7.04. The molecule has 1 aliphatic rings. The summed E-state index contributed by atoms with van der Waals surface area (Å²) in [5.74, 6) is 0.832. The molecular weight excluding hydrogens is 422 g/mol. The number of carbonyl (C=O) groups excluding carboxylic acids is 1. The van der Waals surface area contributed by atoms with Crippen LogP contribution in [-0.4, -0.2) is 46.3 Å². The molecule has 0 bridgehead atoms. The van der Waals surface area contributed by atoms with Crippen molar-refractivity contribution in [2.75, 3.05) is 26.0 Å². The summed E-state index contributed by atoms with van der Waals surface area (Å²) >= 11 is 7.38. The Morgan fingerprint density at radius 2 is 1.97 bits per heavy atom. The minimum absolute atomic E-state index is 0.0562. The van der Waals surface area contributed by atoms with E-state index in [1.165, 1.54) is 16.3 Å². The third-order valence-electron chi connectivity index (χ3n) is 5.16. The number of hydrogen-bond acceptors (Lipinski definition) is 5. The lowest BCUT2D eigenvalue weighted by atomic mass is 10.2. The quantitative estimate of drug-likeness (QED) is 0.439. The zero-order valence-corrected chi connectivity index (χ0v) is 18.4. The van der Waals surface area contributed by atoms with E-state index >= 15 is 0 Å². The summed E-state index contributed by atoms with van der Waals surface area (Å²) in [4.78, 5) is 32.6. The fourth-order valence-electron chi connectivity index (χ4n) is 3.61. The van der Waals surface area contributed by atoms with Crippen molar-refractivity contribution in [1.29, 1.82) is 0 Å². The molecule has 0 atom stereocenters. The first-order chi connectivity index (χ1) is 14.5. The Bertz CT molecular complexity index is 1170. The molecule has 3 aromatic rings. The predicted molar refractivity (Wildman–Crippen MR) is 120 cm³/mol. The van der Waals surface area contributed by atoms with Crippen molar-refractivity contribution in [3.05, 3.63) is 57.3 Å². The van der Waals surface area contributed by atoms with Crippen molar-refractivity contribution in [3.8, 4) is 11.4 Å². The number of hydrogen-bond donors (Lipinski definition) is 0. The van der Waals surface area contributed by atoms with E-state index in [2.05, 4.69) is 0 Å². The molecule has 1 fully saturated rings. The van der Waals surface area contributed by atoms with Crippen molar-refractivity contribution >= 4 is 40.2 Å².